The van der Waals surface area contributed by atoms with E-state index >= 15 is 0 Å². The van der Waals surface area contributed by atoms with Crippen molar-refractivity contribution >= 4 is 0 Å². The molecule has 70 valence electrons. The van der Waals surface area contributed by atoms with Crippen LogP contribution in [0.1, 0.15) is 38.5 Å². The fourth-order valence-electron chi connectivity index (χ4n) is 2.34. The zero-order valence-corrected chi connectivity index (χ0v) is 7.45. The molecular weight excluding hydrogens is 152 g/mol. The number of aliphatic hydroxyl groups excluding tert-OH is 2. The lowest BCUT2D eigenvalue weighted by atomic mass is 9.73. The minimum absolute atomic E-state index is 0.00183. The van der Waals surface area contributed by atoms with E-state index < -0.39 is 0 Å². The Bertz CT molecular complexity index is 128. The van der Waals surface area contributed by atoms with Crippen molar-refractivity contribution in [2.45, 2.75) is 50.7 Å². The molecule has 0 amide bonds. The first-order valence-corrected chi connectivity index (χ1v) is 5.10. The number of rotatable bonds is 3. The summed E-state index contributed by atoms with van der Waals surface area (Å²) in [7, 11) is 0. The molecule has 0 saturated heterocycles. The van der Waals surface area contributed by atoms with E-state index in [0.29, 0.717) is 0 Å². The number of hydrogen-bond donors (Lipinski definition) is 2. The molecule has 2 aliphatic rings. The van der Waals surface area contributed by atoms with Gasteiger partial charge in [0.2, 0.25) is 0 Å². The van der Waals surface area contributed by atoms with Gasteiger partial charge in [-0.2, -0.15) is 0 Å². The van der Waals surface area contributed by atoms with Crippen LogP contribution in [0.15, 0.2) is 0 Å². The van der Waals surface area contributed by atoms with E-state index in [1.54, 1.807) is 0 Å². The third kappa shape index (κ3) is 1.80. The van der Waals surface area contributed by atoms with Gasteiger partial charge in [-0.1, -0.05) is 0 Å². The molecular formula is C10H18O2. The quantitative estimate of drug-likeness (QED) is 0.670. The molecule has 0 heterocycles. The van der Waals surface area contributed by atoms with Crippen LogP contribution in [0.4, 0.5) is 0 Å². The predicted molar refractivity (Wildman–Crippen MR) is 46.7 cm³/mol. The number of hydrogen-bond acceptors (Lipinski definition) is 2. The van der Waals surface area contributed by atoms with Gasteiger partial charge in [-0.05, 0) is 50.4 Å². The van der Waals surface area contributed by atoms with Crippen LogP contribution in [-0.2, 0) is 0 Å². The van der Waals surface area contributed by atoms with Crippen molar-refractivity contribution < 1.29 is 10.2 Å². The van der Waals surface area contributed by atoms with Gasteiger partial charge in [0.15, 0.2) is 0 Å². The van der Waals surface area contributed by atoms with Crippen LogP contribution in [0.5, 0.6) is 0 Å². The highest BCUT2D eigenvalue weighted by Crippen LogP contribution is 2.37. The SMILES string of the molecule is OC1CC(CCC2CC(O)C2)C1. The lowest BCUT2D eigenvalue weighted by molar-refractivity contribution is 0.0138. The molecule has 12 heavy (non-hydrogen) atoms. The molecule has 0 atom stereocenters. The maximum absolute atomic E-state index is 9.06. The van der Waals surface area contributed by atoms with Crippen molar-refractivity contribution in [3.8, 4) is 0 Å². The summed E-state index contributed by atoms with van der Waals surface area (Å²) in [6, 6.07) is 0. The van der Waals surface area contributed by atoms with Gasteiger partial charge >= 0.3 is 0 Å². The van der Waals surface area contributed by atoms with Crippen molar-refractivity contribution in [2.75, 3.05) is 0 Å². The van der Waals surface area contributed by atoms with Crippen LogP contribution in [0, 0.1) is 11.8 Å². The van der Waals surface area contributed by atoms with Crippen LogP contribution < -0.4 is 0 Å². The molecule has 0 aromatic rings. The van der Waals surface area contributed by atoms with E-state index in [2.05, 4.69) is 0 Å². The molecule has 0 radical (unpaired) electrons. The summed E-state index contributed by atoms with van der Waals surface area (Å²) in [6.45, 7) is 0. The molecule has 2 N–H and O–H groups in total. The van der Waals surface area contributed by atoms with Crippen molar-refractivity contribution in [1.29, 1.82) is 0 Å². The second kappa shape index (κ2) is 3.35. The van der Waals surface area contributed by atoms with Gasteiger partial charge < -0.3 is 10.2 Å². The first-order valence-electron chi connectivity index (χ1n) is 5.10. The van der Waals surface area contributed by atoms with Crippen LogP contribution in [0.3, 0.4) is 0 Å². The largest absolute Gasteiger partial charge is 0.393 e. The molecule has 0 unspecified atom stereocenters. The highest BCUT2D eigenvalue weighted by Gasteiger charge is 2.31. The normalized spacial score (nSPS) is 46.5. The molecule has 0 bridgehead atoms. The van der Waals surface area contributed by atoms with Crippen molar-refractivity contribution in [3.05, 3.63) is 0 Å². The molecule has 0 aliphatic heterocycles. The Hall–Kier alpha value is -0.0800. The first-order chi connectivity index (χ1) is 5.74. The monoisotopic (exact) mass is 170 g/mol. The topological polar surface area (TPSA) is 40.5 Å². The summed E-state index contributed by atoms with van der Waals surface area (Å²) >= 11 is 0. The van der Waals surface area contributed by atoms with E-state index in [0.717, 1.165) is 37.5 Å². The molecule has 0 aromatic carbocycles. The summed E-state index contributed by atoms with van der Waals surface area (Å²) in [6.07, 6.45) is 6.64. The highest BCUT2D eigenvalue weighted by atomic mass is 16.3. The average Bonchev–Trinajstić information content (AvgIpc) is 1.91. The lowest BCUT2D eigenvalue weighted by Crippen LogP contribution is -2.32. The van der Waals surface area contributed by atoms with E-state index in [9.17, 15) is 0 Å². The number of aliphatic hydroxyl groups is 2. The standard InChI is InChI=1S/C10H18O2/c11-9-3-7(4-9)1-2-8-5-10(12)6-8/h7-12H,1-6H2. The Morgan fingerprint density at radius 1 is 0.750 bits per heavy atom. The van der Waals surface area contributed by atoms with E-state index in [-0.39, 0.29) is 12.2 Å². The van der Waals surface area contributed by atoms with E-state index in [4.69, 9.17) is 10.2 Å². The molecule has 0 aromatic heterocycles. The first kappa shape index (κ1) is 8.52. The maximum atomic E-state index is 9.06. The van der Waals surface area contributed by atoms with E-state index in [1.165, 1.54) is 12.8 Å². The molecule has 2 heteroatoms. The minimum Gasteiger partial charge on any atom is -0.393 e. The summed E-state index contributed by atoms with van der Waals surface area (Å²) in [4.78, 5) is 0. The maximum Gasteiger partial charge on any atom is 0.0545 e. The van der Waals surface area contributed by atoms with E-state index in [1.807, 2.05) is 0 Å². The summed E-state index contributed by atoms with van der Waals surface area (Å²) in [5.74, 6) is 1.58. The fraction of sp³-hybridized carbons (Fsp3) is 1.00. The van der Waals surface area contributed by atoms with Crippen LogP contribution >= 0.6 is 0 Å². The Labute approximate surface area is 73.6 Å². The fourth-order valence-corrected chi connectivity index (χ4v) is 2.34. The van der Waals surface area contributed by atoms with Gasteiger partial charge in [-0.25, -0.2) is 0 Å². The Morgan fingerprint density at radius 2 is 1.08 bits per heavy atom. The zero-order valence-electron chi connectivity index (χ0n) is 7.45. The van der Waals surface area contributed by atoms with Crippen molar-refractivity contribution in [2.24, 2.45) is 11.8 Å². The second-order valence-corrected chi connectivity index (χ2v) is 4.56. The second-order valence-electron chi connectivity index (χ2n) is 4.56. The van der Waals surface area contributed by atoms with Crippen molar-refractivity contribution in [1.82, 2.24) is 0 Å². The molecule has 2 rings (SSSR count). The lowest BCUT2D eigenvalue weighted by Gasteiger charge is -2.36. The van der Waals surface area contributed by atoms with Gasteiger partial charge in [0, 0.05) is 0 Å². The Morgan fingerprint density at radius 3 is 1.33 bits per heavy atom. The molecule has 2 nitrogen and oxygen atoms in total. The smallest absolute Gasteiger partial charge is 0.0545 e. The summed E-state index contributed by atoms with van der Waals surface area (Å²) in [5.41, 5.74) is 0. The Kier molecular flexibility index (Phi) is 2.37. The minimum atomic E-state index is 0.00183. The third-order valence-corrected chi connectivity index (χ3v) is 3.40. The summed E-state index contributed by atoms with van der Waals surface area (Å²) in [5, 5.41) is 18.1. The highest BCUT2D eigenvalue weighted by molar-refractivity contribution is 4.83. The van der Waals surface area contributed by atoms with Crippen LogP contribution in [-0.4, -0.2) is 22.4 Å². The third-order valence-electron chi connectivity index (χ3n) is 3.40. The van der Waals surface area contributed by atoms with Gasteiger partial charge in [-0.15, -0.1) is 0 Å². The predicted octanol–water partition coefficient (Wildman–Crippen LogP) is 1.31. The van der Waals surface area contributed by atoms with Gasteiger partial charge in [0.25, 0.3) is 0 Å². The van der Waals surface area contributed by atoms with Crippen molar-refractivity contribution in [3.63, 3.8) is 0 Å². The molecule has 2 aliphatic carbocycles. The molecule has 0 spiro atoms. The van der Waals surface area contributed by atoms with Gasteiger partial charge in [0.05, 0.1) is 12.2 Å². The van der Waals surface area contributed by atoms with Crippen LogP contribution in [0.25, 0.3) is 0 Å². The van der Waals surface area contributed by atoms with Crippen LogP contribution in [0.2, 0.25) is 0 Å². The zero-order chi connectivity index (χ0) is 8.55. The summed E-state index contributed by atoms with van der Waals surface area (Å²) < 4.78 is 0. The molecule has 2 saturated carbocycles. The van der Waals surface area contributed by atoms with Gasteiger partial charge in [0.1, 0.15) is 0 Å². The average molecular weight is 170 g/mol. The molecule has 2 fully saturated rings. The van der Waals surface area contributed by atoms with Gasteiger partial charge in [-0.3, -0.25) is 0 Å². The Balaban J connectivity index is 1.52.